The molecular formula is C13H15F3N2O3. The second kappa shape index (κ2) is 6.21. The van der Waals surface area contributed by atoms with Crippen LogP contribution >= 0.6 is 0 Å². The van der Waals surface area contributed by atoms with Gasteiger partial charge in [0.15, 0.2) is 6.61 Å². The van der Waals surface area contributed by atoms with Crippen LogP contribution in [0.25, 0.3) is 0 Å². The Kier molecular flexibility index (Phi) is 4.56. The Morgan fingerprint density at radius 3 is 2.57 bits per heavy atom. The van der Waals surface area contributed by atoms with Crippen molar-refractivity contribution < 1.29 is 27.4 Å². The SMILES string of the molecule is Nc1cc(C(=O)N2CCOCC2)ccc1OCC(F)(F)F. The number of amides is 1. The highest BCUT2D eigenvalue weighted by Gasteiger charge is 2.29. The average Bonchev–Trinajstić information content (AvgIpc) is 2.45. The summed E-state index contributed by atoms with van der Waals surface area (Å²) in [4.78, 5) is 13.8. The molecular weight excluding hydrogens is 289 g/mol. The van der Waals surface area contributed by atoms with Gasteiger partial charge in [-0.3, -0.25) is 4.79 Å². The Balaban J connectivity index is 2.05. The number of alkyl halides is 3. The van der Waals surface area contributed by atoms with Crippen molar-refractivity contribution in [1.82, 2.24) is 4.90 Å². The number of nitrogens with zero attached hydrogens (tertiary/aromatic N) is 1. The van der Waals surface area contributed by atoms with Crippen LogP contribution in [-0.2, 0) is 4.74 Å². The summed E-state index contributed by atoms with van der Waals surface area (Å²) >= 11 is 0. The molecule has 1 aliphatic heterocycles. The summed E-state index contributed by atoms with van der Waals surface area (Å²) in [6.45, 7) is 0.464. The molecule has 2 rings (SSSR count). The second-order valence-electron chi connectivity index (χ2n) is 4.56. The van der Waals surface area contributed by atoms with Crippen LogP contribution in [0.4, 0.5) is 18.9 Å². The predicted molar refractivity (Wildman–Crippen MR) is 69.1 cm³/mol. The van der Waals surface area contributed by atoms with Crippen LogP contribution in [0.3, 0.4) is 0 Å². The minimum Gasteiger partial charge on any atom is -0.482 e. The number of hydrogen-bond acceptors (Lipinski definition) is 4. The number of anilines is 1. The van der Waals surface area contributed by atoms with Crippen LogP contribution in [0, 0.1) is 0 Å². The summed E-state index contributed by atoms with van der Waals surface area (Å²) in [5.74, 6) is -0.321. The van der Waals surface area contributed by atoms with Gasteiger partial charge in [-0.2, -0.15) is 13.2 Å². The van der Waals surface area contributed by atoms with Crippen LogP contribution in [0.15, 0.2) is 18.2 Å². The maximum atomic E-state index is 12.2. The van der Waals surface area contributed by atoms with Gasteiger partial charge in [0.25, 0.3) is 5.91 Å². The van der Waals surface area contributed by atoms with Gasteiger partial charge in [0.1, 0.15) is 5.75 Å². The van der Waals surface area contributed by atoms with E-state index in [9.17, 15) is 18.0 Å². The van der Waals surface area contributed by atoms with Gasteiger partial charge in [-0.15, -0.1) is 0 Å². The van der Waals surface area contributed by atoms with Crippen LogP contribution in [0.5, 0.6) is 5.75 Å². The van der Waals surface area contributed by atoms with Crippen molar-refractivity contribution in [2.75, 3.05) is 38.6 Å². The van der Waals surface area contributed by atoms with E-state index in [1.807, 2.05) is 0 Å². The number of carbonyl (C=O) groups is 1. The summed E-state index contributed by atoms with van der Waals surface area (Å²) in [5.41, 5.74) is 5.94. The van der Waals surface area contributed by atoms with Crippen molar-refractivity contribution in [2.45, 2.75) is 6.18 Å². The number of rotatable bonds is 3. The zero-order chi connectivity index (χ0) is 15.5. The topological polar surface area (TPSA) is 64.8 Å². The minimum atomic E-state index is -4.44. The van der Waals surface area contributed by atoms with Gasteiger partial charge in [-0.1, -0.05) is 0 Å². The van der Waals surface area contributed by atoms with Crippen LogP contribution in [0.1, 0.15) is 10.4 Å². The fourth-order valence-electron chi connectivity index (χ4n) is 1.92. The first-order valence-electron chi connectivity index (χ1n) is 6.33. The molecule has 0 bridgehead atoms. The highest BCUT2D eigenvalue weighted by atomic mass is 19.4. The Morgan fingerprint density at radius 1 is 1.33 bits per heavy atom. The molecule has 1 fully saturated rings. The highest BCUT2D eigenvalue weighted by Crippen LogP contribution is 2.26. The summed E-state index contributed by atoms with van der Waals surface area (Å²) in [5, 5.41) is 0. The molecule has 0 aromatic heterocycles. The Labute approximate surface area is 119 Å². The summed E-state index contributed by atoms with van der Waals surface area (Å²) < 4.78 is 46.0. The van der Waals surface area contributed by atoms with Gasteiger partial charge in [-0.05, 0) is 18.2 Å². The predicted octanol–water partition coefficient (Wildman–Crippen LogP) is 1.68. The molecule has 2 N–H and O–H groups in total. The summed E-state index contributed by atoms with van der Waals surface area (Å²) in [6.07, 6.45) is -4.44. The van der Waals surface area contributed by atoms with E-state index < -0.39 is 12.8 Å². The van der Waals surface area contributed by atoms with Gasteiger partial charge in [0.2, 0.25) is 0 Å². The number of halogens is 3. The zero-order valence-electron chi connectivity index (χ0n) is 11.2. The van der Waals surface area contributed by atoms with E-state index in [0.29, 0.717) is 31.9 Å². The Bertz CT molecular complexity index is 514. The van der Waals surface area contributed by atoms with Crippen molar-refractivity contribution >= 4 is 11.6 Å². The molecule has 21 heavy (non-hydrogen) atoms. The third-order valence-electron chi connectivity index (χ3n) is 2.95. The summed E-state index contributed by atoms with van der Waals surface area (Å²) in [7, 11) is 0. The van der Waals surface area contributed by atoms with E-state index in [1.165, 1.54) is 18.2 Å². The van der Waals surface area contributed by atoms with Gasteiger partial charge in [0, 0.05) is 18.7 Å². The van der Waals surface area contributed by atoms with Gasteiger partial charge in [-0.25, -0.2) is 0 Å². The molecule has 1 aromatic rings. The lowest BCUT2D eigenvalue weighted by Crippen LogP contribution is -2.40. The first kappa shape index (κ1) is 15.4. The zero-order valence-corrected chi connectivity index (χ0v) is 11.2. The second-order valence-corrected chi connectivity index (χ2v) is 4.56. The van der Waals surface area contributed by atoms with Crippen molar-refractivity contribution in [3.8, 4) is 5.75 Å². The smallest absolute Gasteiger partial charge is 0.422 e. The standard InChI is InChI=1S/C13H15F3N2O3/c14-13(15,16)8-21-11-2-1-9(7-10(11)17)12(19)18-3-5-20-6-4-18/h1-2,7H,3-6,8,17H2. The van der Waals surface area contributed by atoms with Crippen molar-refractivity contribution in [3.63, 3.8) is 0 Å². The number of nitrogens with two attached hydrogens (primary N) is 1. The molecule has 0 spiro atoms. The van der Waals surface area contributed by atoms with E-state index in [1.54, 1.807) is 4.90 Å². The first-order chi connectivity index (χ1) is 9.87. The fourth-order valence-corrected chi connectivity index (χ4v) is 1.92. The molecule has 1 aliphatic rings. The number of nitrogen functional groups attached to an aromatic ring is 1. The molecule has 1 saturated heterocycles. The molecule has 0 atom stereocenters. The van der Waals surface area contributed by atoms with Crippen LogP contribution < -0.4 is 10.5 Å². The number of carbonyl (C=O) groups excluding carboxylic acids is 1. The number of benzene rings is 1. The highest BCUT2D eigenvalue weighted by molar-refractivity contribution is 5.95. The first-order valence-corrected chi connectivity index (χ1v) is 6.33. The van der Waals surface area contributed by atoms with E-state index in [2.05, 4.69) is 4.74 Å². The van der Waals surface area contributed by atoms with Crippen LogP contribution in [0.2, 0.25) is 0 Å². The molecule has 1 amide bonds. The lowest BCUT2D eigenvalue weighted by Gasteiger charge is -2.27. The van der Waals surface area contributed by atoms with Crippen molar-refractivity contribution in [1.29, 1.82) is 0 Å². The average molecular weight is 304 g/mol. The van der Waals surface area contributed by atoms with E-state index in [-0.39, 0.29) is 17.3 Å². The molecule has 8 heteroatoms. The van der Waals surface area contributed by atoms with Crippen molar-refractivity contribution in [3.05, 3.63) is 23.8 Å². The number of morpholine rings is 1. The molecule has 1 heterocycles. The molecule has 0 unspecified atom stereocenters. The molecule has 0 radical (unpaired) electrons. The minimum absolute atomic E-state index is 0.00152. The number of hydrogen-bond donors (Lipinski definition) is 1. The normalized spacial score (nSPS) is 15.9. The summed E-state index contributed by atoms with van der Waals surface area (Å²) in [6, 6.07) is 4.00. The van der Waals surface area contributed by atoms with E-state index >= 15 is 0 Å². The van der Waals surface area contributed by atoms with Crippen molar-refractivity contribution in [2.24, 2.45) is 0 Å². The number of ether oxygens (including phenoxy) is 2. The third-order valence-corrected chi connectivity index (χ3v) is 2.95. The molecule has 116 valence electrons. The van der Waals surface area contributed by atoms with E-state index in [0.717, 1.165) is 0 Å². The molecule has 0 aliphatic carbocycles. The van der Waals surface area contributed by atoms with Gasteiger partial charge in [0.05, 0.1) is 18.9 Å². The van der Waals surface area contributed by atoms with Gasteiger partial charge >= 0.3 is 6.18 Å². The monoisotopic (exact) mass is 304 g/mol. The third kappa shape index (κ3) is 4.25. The van der Waals surface area contributed by atoms with E-state index in [4.69, 9.17) is 10.5 Å². The molecule has 5 nitrogen and oxygen atoms in total. The van der Waals surface area contributed by atoms with Crippen LogP contribution in [-0.4, -0.2) is 49.9 Å². The molecule has 0 saturated carbocycles. The molecule has 1 aromatic carbocycles. The largest absolute Gasteiger partial charge is 0.482 e. The lowest BCUT2D eigenvalue weighted by molar-refractivity contribution is -0.153. The lowest BCUT2D eigenvalue weighted by atomic mass is 10.1. The maximum Gasteiger partial charge on any atom is 0.422 e. The maximum absolute atomic E-state index is 12.2. The van der Waals surface area contributed by atoms with Gasteiger partial charge < -0.3 is 20.1 Å². The quantitative estimate of drug-likeness (QED) is 0.863. The fraction of sp³-hybridized carbons (Fsp3) is 0.462. The Morgan fingerprint density at radius 2 is 2.00 bits per heavy atom. The Hall–Kier alpha value is -1.96.